The molecule has 0 aliphatic carbocycles. The third kappa shape index (κ3) is 1.05. The number of fused-ring (bicyclic) bond motifs is 1. The minimum absolute atomic E-state index is 0.183. The second kappa shape index (κ2) is 2.59. The molecule has 2 aromatic rings. The summed E-state index contributed by atoms with van der Waals surface area (Å²) in [5.74, 6) is -0.183. The van der Waals surface area contributed by atoms with Gasteiger partial charge >= 0.3 is 0 Å². The third-order valence-electron chi connectivity index (χ3n) is 1.82. The van der Waals surface area contributed by atoms with Gasteiger partial charge in [0.1, 0.15) is 5.82 Å². The van der Waals surface area contributed by atoms with E-state index in [4.69, 9.17) is 0 Å². The van der Waals surface area contributed by atoms with Crippen LogP contribution in [0.3, 0.4) is 0 Å². The fraction of sp³-hybridized carbons (Fsp3) is 0.111. The van der Waals surface area contributed by atoms with E-state index in [1.165, 1.54) is 6.07 Å². The zero-order valence-electron chi connectivity index (χ0n) is 6.49. The molecule has 1 aromatic carbocycles. The smallest absolute Gasteiger partial charge is 0.132 e. The molecule has 0 radical (unpaired) electrons. The van der Waals surface area contributed by atoms with E-state index in [0.717, 1.165) is 15.7 Å². The van der Waals surface area contributed by atoms with Crippen molar-refractivity contribution in [3.05, 3.63) is 34.2 Å². The Hall–Kier alpha value is -0.830. The molecule has 2 rings (SSSR count). The molecule has 0 saturated heterocycles. The number of H-pyrrole nitrogens is 1. The molecule has 62 valence electrons. The van der Waals surface area contributed by atoms with E-state index >= 15 is 0 Å². The van der Waals surface area contributed by atoms with Gasteiger partial charge in [-0.2, -0.15) is 0 Å². The van der Waals surface area contributed by atoms with Gasteiger partial charge in [-0.25, -0.2) is 4.39 Å². The lowest BCUT2D eigenvalue weighted by Gasteiger charge is -1.94. The molecule has 0 atom stereocenters. The second-order valence-electron chi connectivity index (χ2n) is 2.77. The Morgan fingerprint density at radius 3 is 2.83 bits per heavy atom. The zero-order chi connectivity index (χ0) is 8.72. The van der Waals surface area contributed by atoms with E-state index in [1.807, 2.05) is 6.92 Å². The molecule has 0 unspecified atom stereocenters. The van der Waals surface area contributed by atoms with Crippen LogP contribution in [0.4, 0.5) is 4.39 Å². The Labute approximate surface area is 77.7 Å². The van der Waals surface area contributed by atoms with Gasteiger partial charge in [0.25, 0.3) is 0 Å². The molecule has 0 fully saturated rings. The highest BCUT2D eigenvalue weighted by Gasteiger charge is 2.05. The fourth-order valence-electron chi connectivity index (χ4n) is 1.29. The Kier molecular flexibility index (Phi) is 1.68. The molecule has 1 heterocycles. The van der Waals surface area contributed by atoms with Gasteiger partial charge in [0.05, 0.1) is 5.52 Å². The van der Waals surface area contributed by atoms with Gasteiger partial charge in [0.2, 0.25) is 0 Å². The van der Waals surface area contributed by atoms with Crippen LogP contribution in [0, 0.1) is 12.7 Å². The van der Waals surface area contributed by atoms with Crippen molar-refractivity contribution in [1.82, 2.24) is 4.98 Å². The van der Waals surface area contributed by atoms with E-state index in [2.05, 4.69) is 20.9 Å². The first kappa shape index (κ1) is 7.80. The summed E-state index contributed by atoms with van der Waals surface area (Å²) in [5.41, 5.74) is 1.79. The highest BCUT2D eigenvalue weighted by molar-refractivity contribution is 9.10. The third-order valence-corrected chi connectivity index (χ3v) is 2.49. The minimum Gasteiger partial charge on any atom is -0.358 e. The predicted molar refractivity (Wildman–Crippen MR) is 50.7 cm³/mol. The standard InChI is InChI=1S/C9H7BrFN/c1-5-4-6-8(11)3-2-7(10)9(6)12-5/h2-4,12H,1H3. The number of halogens is 2. The van der Waals surface area contributed by atoms with Crippen molar-refractivity contribution >= 4 is 26.8 Å². The van der Waals surface area contributed by atoms with Gasteiger partial charge in [-0.05, 0) is 41.1 Å². The van der Waals surface area contributed by atoms with Gasteiger partial charge in [0.15, 0.2) is 0 Å². The summed E-state index contributed by atoms with van der Waals surface area (Å²) in [6.07, 6.45) is 0. The molecule has 0 aliphatic heterocycles. The first-order valence-electron chi connectivity index (χ1n) is 3.62. The monoisotopic (exact) mass is 227 g/mol. The molecule has 0 spiro atoms. The number of hydrogen-bond donors (Lipinski definition) is 1. The summed E-state index contributed by atoms with van der Waals surface area (Å²) in [5, 5.41) is 0.641. The average Bonchev–Trinajstić information content (AvgIpc) is 2.41. The van der Waals surface area contributed by atoms with Crippen molar-refractivity contribution in [2.24, 2.45) is 0 Å². The van der Waals surface area contributed by atoms with Gasteiger partial charge < -0.3 is 4.98 Å². The quantitative estimate of drug-likeness (QED) is 0.711. The lowest BCUT2D eigenvalue weighted by Crippen LogP contribution is -1.76. The van der Waals surface area contributed by atoms with Crippen molar-refractivity contribution in [2.75, 3.05) is 0 Å². The summed E-state index contributed by atoms with van der Waals surface area (Å²) < 4.78 is 14.0. The van der Waals surface area contributed by atoms with E-state index in [1.54, 1.807) is 12.1 Å². The Balaban J connectivity index is 2.93. The molecule has 1 aromatic heterocycles. The average molecular weight is 228 g/mol. The number of rotatable bonds is 0. The van der Waals surface area contributed by atoms with E-state index < -0.39 is 0 Å². The lowest BCUT2D eigenvalue weighted by molar-refractivity contribution is 0.640. The van der Waals surface area contributed by atoms with Crippen LogP contribution >= 0.6 is 15.9 Å². The fourth-order valence-corrected chi connectivity index (χ4v) is 1.73. The molecule has 12 heavy (non-hydrogen) atoms. The van der Waals surface area contributed by atoms with Crippen LogP contribution in [0.2, 0.25) is 0 Å². The molecule has 1 N–H and O–H groups in total. The van der Waals surface area contributed by atoms with Crippen molar-refractivity contribution < 1.29 is 4.39 Å². The van der Waals surface area contributed by atoms with Crippen LogP contribution in [0.15, 0.2) is 22.7 Å². The maximum absolute atomic E-state index is 13.1. The number of benzene rings is 1. The van der Waals surface area contributed by atoms with Crippen LogP contribution in [0.1, 0.15) is 5.69 Å². The van der Waals surface area contributed by atoms with Gasteiger partial charge in [-0.15, -0.1) is 0 Å². The minimum atomic E-state index is -0.183. The van der Waals surface area contributed by atoms with Crippen molar-refractivity contribution in [1.29, 1.82) is 0 Å². The van der Waals surface area contributed by atoms with Crippen molar-refractivity contribution in [3.63, 3.8) is 0 Å². The summed E-state index contributed by atoms with van der Waals surface area (Å²) >= 11 is 3.35. The maximum Gasteiger partial charge on any atom is 0.132 e. The molecule has 3 heteroatoms. The maximum atomic E-state index is 13.1. The largest absolute Gasteiger partial charge is 0.358 e. The van der Waals surface area contributed by atoms with Crippen LogP contribution < -0.4 is 0 Å². The number of aromatic amines is 1. The van der Waals surface area contributed by atoms with Gasteiger partial charge in [-0.1, -0.05) is 0 Å². The van der Waals surface area contributed by atoms with Gasteiger partial charge in [0, 0.05) is 15.6 Å². The number of aromatic nitrogens is 1. The Morgan fingerprint density at radius 1 is 1.42 bits per heavy atom. The lowest BCUT2D eigenvalue weighted by atomic mass is 10.2. The van der Waals surface area contributed by atoms with Crippen LogP contribution in [0.25, 0.3) is 10.9 Å². The molecule has 0 saturated carbocycles. The van der Waals surface area contributed by atoms with Crippen molar-refractivity contribution in [3.8, 4) is 0 Å². The normalized spacial score (nSPS) is 10.9. The van der Waals surface area contributed by atoms with E-state index in [9.17, 15) is 4.39 Å². The number of nitrogens with one attached hydrogen (secondary N) is 1. The summed E-state index contributed by atoms with van der Waals surface area (Å²) in [6, 6.07) is 4.96. The highest BCUT2D eigenvalue weighted by Crippen LogP contribution is 2.25. The molecule has 0 bridgehead atoms. The molecule has 0 amide bonds. The first-order valence-corrected chi connectivity index (χ1v) is 4.41. The Bertz CT molecular complexity index is 394. The molecular weight excluding hydrogens is 221 g/mol. The van der Waals surface area contributed by atoms with E-state index in [-0.39, 0.29) is 5.82 Å². The highest BCUT2D eigenvalue weighted by atomic mass is 79.9. The van der Waals surface area contributed by atoms with E-state index in [0.29, 0.717) is 5.39 Å². The molecule has 0 aliphatic rings. The molecule has 1 nitrogen and oxygen atoms in total. The summed E-state index contributed by atoms with van der Waals surface area (Å²) in [7, 11) is 0. The van der Waals surface area contributed by atoms with Gasteiger partial charge in [-0.3, -0.25) is 0 Å². The first-order chi connectivity index (χ1) is 5.68. The number of hydrogen-bond acceptors (Lipinski definition) is 0. The van der Waals surface area contributed by atoms with Crippen LogP contribution in [-0.4, -0.2) is 4.98 Å². The summed E-state index contributed by atoms with van der Waals surface area (Å²) in [4.78, 5) is 3.08. The van der Waals surface area contributed by atoms with Crippen LogP contribution in [0.5, 0.6) is 0 Å². The van der Waals surface area contributed by atoms with Crippen molar-refractivity contribution in [2.45, 2.75) is 6.92 Å². The number of aryl methyl sites for hydroxylation is 1. The molecular formula is C9H7BrFN. The zero-order valence-corrected chi connectivity index (χ0v) is 8.07. The summed E-state index contributed by atoms with van der Waals surface area (Å²) in [6.45, 7) is 1.91. The Morgan fingerprint density at radius 2 is 2.17 bits per heavy atom. The van der Waals surface area contributed by atoms with Crippen LogP contribution in [-0.2, 0) is 0 Å². The SMILES string of the molecule is Cc1cc2c(F)ccc(Br)c2[nH]1. The second-order valence-corrected chi connectivity index (χ2v) is 3.62. The predicted octanol–water partition coefficient (Wildman–Crippen LogP) is 3.38. The topological polar surface area (TPSA) is 15.8 Å².